The van der Waals surface area contributed by atoms with Gasteiger partial charge in [-0.05, 0) is 77.6 Å². The van der Waals surface area contributed by atoms with E-state index in [1.807, 2.05) is 102 Å². The third-order valence-electron chi connectivity index (χ3n) is 4.15. The van der Waals surface area contributed by atoms with E-state index in [9.17, 15) is 9.59 Å². The predicted molar refractivity (Wildman–Crippen MR) is 129 cm³/mol. The molecule has 0 aliphatic carbocycles. The molecule has 0 aromatic heterocycles. The van der Waals surface area contributed by atoms with E-state index in [-0.39, 0.29) is 0 Å². The van der Waals surface area contributed by atoms with Gasteiger partial charge < -0.3 is 9.47 Å². The SMILES string of the molecule is CC(C)(C)OC(=O)Nc1ccccc1C/C=C/Cc1ccccc1NC(=O)OC(C)(C)C. The largest absolute Gasteiger partial charge is 0.444 e. The van der Waals surface area contributed by atoms with Gasteiger partial charge in [0, 0.05) is 11.4 Å². The van der Waals surface area contributed by atoms with E-state index >= 15 is 0 Å². The lowest BCUT2D eigenvalue weighted by molar-refractivity contribution is 0.0624. The van der Waals surface area contributed by atoms with E-state index < -0.39 is 23.4 Å². The summed E-state index contributed by atoms with van der Waals surface area (Å²) in [6.07, 6.45) is 4.42. The minimum absolute atomic E-state index is 0.476. The molecule has 0 spiro atoms. The Balaban J connectivity index is 2.00. The highest BCUT2D eigenvalue weighted by Crippen LogP contribution is 2.20. The normalized spacial score (nSPS) is 11.8. The number of para-hydroxylation sites is 2. The van der Waals surface area contributed by atoms with E-state index in [1.165, 1.54) is 0 Å². The standard InChI is InChI=1S/C26H34N2O4/c1-25(2,3)31-23(29)27-21-17-11-9-15-19(21)13-7-8-14-20-16-10-12-18-22(20)28-24(30)32-26(4,5)6/h7-12,15-18H,13-14H2,1-6H3,(H,27,29)(H,28,30)/b8-7+. The maximum Gasteiger partial charge on any atom is 0.412 e. The number of ether oxygens (including phenoxy) is 2. The highest BCUT2D eigenvalue weighted by molar-refractivity contribution is 5.86. The summed E-state index contributed by atoms with van der Waals surface area (Å²) in [6.45, 7) is 11.0. The van der Waals surface area contributed by atoms with Crippen molar-refractivity contribution < 1.29 is 19.1 Å². The van der Waals surface area contributed by atoms with Crippen molar-refractivity contribution in [3.63, 3.8) is 0 Å². The monoisotopic (exact) mass is 438 g/mol. The van der Waals surface area contributed by atoms with Crippen LogP contribution in [0.2, 0.25) is 0 Å². The van der Waals surface area contributed by atoms with Crippen LogP contribution < -0.4 is 10.6 Å². The minimum atomic E-state index is -0.556. The molecule has 6 nitrogen and oxygen atoms in total. The number of amides is 2. The number of nitrogens with one attached hydrogen (secondary N) is 2. The van der Waals surface area contributed by atoms with E-state index in [1.54, 1.807) is 0 Å². The molecule has 0 heterocycles. The van der Waals surface area contributed by atoms with Gasteiger partial charge in [-0.1, -0.05) is 48.6 Å². The summed E-state index contributed by atoms with van der Waals surface area (Å²) in [4.78, 5) is 24.2. The van der Waals surface area contributed by atoms with Crippen molar-refractivity contribution in [1.82, 2.24) is 0 Å². The van der Waals surface area contributed by atoms with E-state index in [2.05, 4.69) is 10.6 Å². The van der Waals surface area contributed by atoms with Crippen molar-refractivity contribution >= 4 is 23.6 Å². The van der Waals surface area contributed by atoms with Crippen LogP contribution in [-0.2, 0) is 22.3 Å². The number of benzene rings is 2. The van der Waals surface area contributed by atoms with Gasteiger partial charge in [-0.2, -0.15) is 0 Å². The zero-order chi connectivity index (χ0) is 23.8. The van der Waals surface area contributed by atoms with Crippen LogP contribution in [0.25, 0.3) is 0 Å². The average Bonchev–Trinajstić information content (AvgIpc) is 2.64. The summed E-state index contributed by atoms with van der Waals surface area (Å²) < 4.78 is 10.7. The van der Waals surface area contributed by atoms with Gasteiger partial charge in [0.1, 0.15) is 11.2 Å². The van der Waals surface area contributed by atoms with Gasteiger partial charge in [-0.25, -0.2) is 9.59 Å². The first kappa shape index (κ1) is 25.0. The summed E-state index contributed by atoms with van der Waals surface area (Å²) in [5.74, 6) is 0. The second-order valence-corrected chi connectivity index (χ2v) is 9.45. The fraction of sp³-hybridized carbons (Fsp3) is 0.385. The van der Waals surface area contributed by atoms with E-state index in [0.717, 1.165) is 22.5 Å². The van der Waals surface area contributed by atoms with Crippen LogP contribution in [0, 0.1) is 0 Å². The maximum atomic E-state index is 12.1. The van der Waals surface area contributed by atoms with Gasteiger partial charge >= 0.3 is 12.2 Å². The maximum absolute atomic E-state index is 12.1. The van der Waals surface area contributed by atoms with Gasteiger partial charge in [0.2, 0.25) is 0 Å². The zero-order valence-corrected chi connectivity index (χ0v) is 19.8. The van der Waals surface area contributed by atoms with Crippen LogP contribution in [0.3, 0.4) is 0 Å². The predicted octanol–water partition coefficient (Wildman–Crippen LogP) is 6.72. The molecule has 0 saturated heterocycles. The van der Waals surface area contributed by atoms with E-state index in [4.69, 9.17) is 9.47 Å². The van der Waals surface area contributed by atoms with Crippen LogP contribution in [0.5, 0.6) is 0 Å². The molecule has 2 aromatic rings. The van der Waals surface area contributed by atoms with Crippen LogP contribution in [-0.4, -0.2) is 23.4 Å². The van der Waals surface area contributed by atoms with Crippen LogP contribution in [0.4, 0.5) is 21.0 Å². The third-order valence-corrected chi connectivity index (χ3v) is 4.15. The summed E-state index contributed by atoms with van der Waals surface area (Å²) in [7, 11) is 0. The Morgan fingerprint density at radius 3 is 1.38 bits per heavy atom. The quantitative estimate of drug-likeness (QED) is 0.491. The molecular formula is C26H34N2O4. The molecule has 0 aliphatic rings. The first-order chi connectivity index (χ1) is 14.9. The molecule has 0 fully saturated rings. The van der Waals surface area contributed by atoms with E-state index in [0.29, 0.717) is 12.8 Å². The summed E-state index contributed by atoms with van der Waals surface area (Å²) in [6, 6.07) is 15.3. The lowest BCUT2D eigenvalue weighted by Crippen LogP contribution is -2.27. The minimum Gasteiger partial charge on any atom is -0.444 e. The Morgan fingerprint density at radius 1 is 0.688 bits per heavy atom. The molecule has 2 amide bonds. The fourth-order valence-corrected chi connectivity index (χ4v) is 2.89. The fourth-order valence-electron chi connectivity index (χ4n) is 2.89. The molecule has 6 heteroatoms. The van der Waals surface area contributed by atoms with Gasteiger partial charge in [0.05, 0.1) is 0 Å². The Kier molecular flexibility index (Phi) is 8.47. The third kappa shape index (κ3) is 9.25. The number of carbonyl (C=O) groups is 2. The molecule has 0 unspecified atom stereocenters. The molecule has 0 bridgehead atoms. The van der Waals surface area contributed by atoms with Crippen molar-refractivity contribution in [2.45, 2.75) is 65.6 Å². The van der Waals surface area contributed by atoms with Gasteiger partial charge in [-0.15, -0.1) is 0 Å². The number of hydrogen-bond acceptors (Lipinski definition) is 4. The second kappa shape index (κ2) is 10.8. The van der Waals surface area contributed by atoms with Crippen LogP contribution in [0.1, 0.15) is 52.7 Å². The summed E-state index contributed by atoms with van der Waals surface area (Å²) >= 11 is 0. The summed E-state index contributed by atoms with van der Waals surface area (Å²) in [5.41, 5.74) is 2.29. The Bertz CT molecular complexity index is 875. The van der Waals surface area contributed by atoms with Crippen molar-refractivity contribution in [3.8, 4) is 0 Å². The van der Waals surface area contributed by atoms with Crippen molar-refractivity contribution in [2.24, 2.45) is 0 Å². The molecule has 2 N–H and O–H groups in total. The topological polar surface area (TPSA) is 76.7 Å². The molecule has 32 heavy (non-hydrogen) atoms. The molecule has 2 rings (SSSR count). The number of hydrogen-bond donors (Lipinski definition) is 2. The average molecular weight is 439 g/mol. The molecule has 0 saturated carbocycles. The van der Waals surface area contributed by atoms with Gasteiger partial charge in [0.25, 0.3) is 0 Å². The van der Waals surface area contributed by atoms with Crippen LogP contribution >= 0.6 is 0 Å². The smallest absolute Gasteiger partial charge is 0.412 e. The van der Waals surface area contributed by atoms with Crippen molar-refractivity contribution in [3.05, 3.63) is 71.8 Å². The number of carbonyl (C=O) groups excluding carboxylic acids is 2. The molecule has 0 radical (unpaired) electrons. The highest BCUT2D eigenvalue weighted by Gasteiger charge is 2.18. The number of allylic oxidation sites excluding steroid dienone is 2. The lowest BCUT2D eigenvalue weighted by atomic mass is 10.1. The van der Waals surface area contributed by atoms with Gasteiger partial charge in [0.15, 0.2) is 0 Å². The van der Waals surface area contributed by atoms with Crippen molar-refractivity contribution in [1.29, 1.82) is 0 Å². The number of anilines is 2. The first-order valence-electron chi connectivity index (χ1n) is 10.7. The molecule has 0 aliphatic heterocycles. The highest BCUT2D eigenvalue weighted by atomic mass is 16.6. The van der Waals surface area contributed by atoms with Gasteiger partial charge in [-0.3, -0.25) is 10.6 Å². The molecular weight excluding hydrogens is 404 g/mol. The Morgan fingerprint density at radius 2 is 1.03 bits per heavy atom. The van der Waals surface area contributed by atoms with Crippen molar-refractivity contribution in [2.75, 3.05) is 10.6 Å². The number of rotatable bonds is 6. The molecule has 2 aromatic carbocycles. The zero-order valence-electron chi connectivity index (χ0n) is 19.8. The summed E-state index contributed by atoms with van der Waals surface area (Å²) in [5, 5.41) is 5.64. The second-order valence-electron chi connectivity index (χ2n) is 9.45. The Hall–Kier alpha value is -3.28. The van der Waals surface area contributed by atoms with Crippen LogP contribution in [0.15, 0.2) is 60.7 Å². The first-order valence-corrected chi connectivity index (χ1v) is 10.7. The lowest BCUT2D eigenvalue weighted by Gasteiger charge is -2.20. The Labute approximate surface area is 191 Å². The molecule has 172 valence electrons. The molecule has 0 atom stereocenters.